The summed E-state index contributed by atoms with van der Waals surface area (Å²) in [6.07, 6.45) is 0.835. The van der Waals surface area contributed by atoms with Crippen molar-refractivity contribution in [3.8, 4) is 5.75 Å². The second kappa shape index (κ2) is 19.4. The van der Waals surface area contributed by atoms with Crippen molar-refractivity contribution >= 4 is 41.5 Å². The van der Waals surface area contributed by atoms with Gasteiger partial charge in [-0.3, -0.25) is 33.8 Å². The number of amides is 5. The molecule has 4 atom stereocenters. The summed E-state index contributed by atoms with van der Waals surface area (Å²) in [7, 11) is 0. The summed E-state index contributed by atoms with van der Waals surface area (Å²) < 4.78 is 0. The second-order valence-corrected chi connectivity index (χ2v) is 10.7. The van der Waals surface area contributed by atoms with Crippen molar-refractivity contribution in [2.75, 3.05) is 19.6 Å². The number of phenolic OH excluding ortho intramolecular Hbond substituents is 1. The molecule has 45 heavy (non-hydrogen) atoms. The lowest BCUT2D eigenvalue weighted by atomic mass is 10.0. The van der Waals surface area contributed by atoms with Gasteiger partial charge in [0.05, 0.1) is 12.6 Å². The van der Waals surface area contributed by atoms with Crippen molar-refractivity contribution in [2.24, 2.45) is 28.1 Å². The zero-order valence-corrected chi connectivity index (χ0v) is 25.6. The molecule has 249 valence electrons. The lowest BCUT2D eigenvalue weighted by Gasteiger charge is -2.24. The quantitative estimate of drug-likeness (QED) is 0.0414. The first-order valence-electron chi connectivity index (χ1n) is 14.3. The van der Waals surface area contributed by atoms with Gasteiger partial charge in [-0.25, -0.2) is 0 Å². The number of nitrogens with two attached hydrogens (primary N) is 3. The number of nitrogens with zero attached hydrogens (tertiary/aromatic N) is 1. The second-order valence-electron chi connectivity index (χ2n) is 10.7. The molecule has 0 aliphatic heterocycles. The summed E-state index contributed by atoms with van der Waals surface area (Å²) >= 11 is 0. The lowest BCUT2D eigenvalue weighted by molar-refractivity contribution is -0.138. The number of benzene rings is 1. The van der Waals surface area contributed by atoms with Crippen LogP contribution in [0.5, 0.6) is 5.75 Å². The number of guanidine groups is 1. The molecule has 5 amide bonds. The average Bonchev–Trinajstić information content (AvgIpc) is 2.96. The normalized spacial score (nSPS) is 13.4. The molecule has 17 heteroatoms. The van der Waals surface area contributed by atoms with Crippen LogP contribution in [0, 0.1) is 12.0 Å². The Morgan fingerprint density at radius 2 is 1.56 bits per heavy atom. The molecule has 17 nitrogen and oxygen atoms in total. The zero-order valence-electron chi connectivity index (χ0n) is 25.6. The van der Waals surface area contributed by atoms with Gasteiger partial charge in [-0.2, -0.15) is 0 Å². The Hall–Kier alpha value is -4.93. The predicted octanol–water partition coefficient (Wildman–Crippen LogP) is -3.05. The molecule has 1 aromatic rings. The van der Waals surface area contributed by atoms with Gasteiger partial charge in [-0.05, 0) is 49.8 Å². The van der Waals surface area contributed by atoms with E-state index >= 15 is 0 Å². The summed E-state index contributed by atoms with van der Waals surface area (Å²) in [4.78, 5) is 78.2. The number of carbonyl (C=O) groups excluding carboxylic acids is 5. The fourth-order valence-electron chi connectivity index (χ4n) is 3.88. The number of hydrogen-bond acceptors (Lipinski definition) is 9. The van der Waals surface area contributed by atoms with Crippen LogP contribution in [0.3, 0.4) is 0 Å². The Labute approximate surface area is 261 Å². The standard InChI is InChI=1S/C28H44N9O8/c1-15(2)11-20(26(44)34-14-23(40)41)37-24(42)16(3)35-27(45)21(12-17-6-8-18(38)9-7-17)36-22(39)13-33-25(43)19(29)5-4-10-32-28(30)31/h6-8,15-16,19-21,38H,4-5,10-14,29H2,1-3H3,(H,33,43)(H,34,44)(H,35,45)(H,36,39)(H,37,42)(H,40,41)(H4,30,31,32)/t16-,19-,20-,21-/m0/s1. The van der Waals surface area contributed by atoms with E-state index in [0.29, 0.717) is 12.0 Å². The van der Waals surface area contributed by atoms with Gasteiger partial charge < -0.3 is 54.0 Å². The predicted molar refractivity (Wildman–Crippen MR) is 163 cm³/mol. The van der Waals surface area contributed by atoms with Crippen LogP contribution in [-0.4, -0.2) is 95.5 Å². The molecule has 0 heterocycles. The van der Waals surface area contributed by atoms with Gasteiger partial charge in [-0.15, -0.1) is 0 Å². The Balaban J connectivity index is 2.89. The van der Waals surface area contributed by atoms with Crippen LogP contribution in [0.15, 0.2) is 23.2 Å². The highest BCUT2D eigenvalue weighted by molar-refractivity contribution is 5.95. The third kappa shape index (κ3) is 15.9. The van der Waals surface area contributed by atoms with E-state index in [1.807, 2.05) is 13.8 Å². The molecule has 0 spiro atoms. The van der Waals surface area contributed by atoms with E-state index in [1.165, 1.54) is 25.1 Å². The van der Waals surface area contributed by atoms with Crippen molar-refractivity contribution in [3.05, 3.63) is 29.8 Å². The van der Waals surface area contributed by atoms with Crippen molar-refractivity contribution in [3.63, 3.8) is 0 Å². The minimum atomic E-state index is -1.25. The van der Waals surface area contributed by atoms with Crippen LogP contribution < -0.4 is 43.8 Å². The number of carboxylic acids is 1. The van der Waals surface area contributed by atoms with E-state index in [-0.39, 0.29) is 43.4 Å². The molecule has 13 N–H and O–H groups in total. The van der Waals surface area contributed by atoms with Gasteiger partial charge in [0.1, 0.15) is 30.4 Å². The fourth-order valence-corrected chi connectivity index (χ4v) is 3.88. The van der Waals surface area contributed by atoms with Crippen LogP contribution in [0.2, 0.25) is 0 Å². The molecule has 0 saturated carbocycles. The van der Waals surface area contributed by atoms with Crippen molar-refractivity contribution in [2.45, 2.75) is 70.6 Å². The first kappa shape index (κ1) is 38.1. The number of nitrogens with one attached hydrogen (secondary N) is 5. The number of rotatable bonds is 19. The fraction of sp³-hybridized carbons (Fsp3) is 0.536. The van der Waals surface area contributed by atoms with Crippen molar-refractivity contribution < 1.29 is 39.0 Å². The Bertz CT molecular complexity index is 1200. The largest absolute Gasteiger partial charge is 0.507 e. The summed E-state index contributed by atoms with van der Waals surface area (Å²) in [6, 6.07) is 2.50. The van der Waals surface area contributed by atoms with E-state index in [0.717, 1.165) is 0 Å². The molecule has 0 aliphatic carbocycles. The summed E-state index contributed by atoms with van der Waals surface area (Å²) in [5.41, 5.74) is 16.9. The average molecular weight is 635 g/mol. The van der Waals surface area contributed by atoms with Gasteiger partial charge in [-0.1, -0.05) is 19.9 Å². The van der Waals surface area contributed by atoms with Crippen LogP contribution in [-0.2, 0) is 35.2 Å². The van der Waals surface area contributed by atoms with Gasteiger partial charge in [0.25, 0.3) is 0 Å². The number of aliphatic carboxylic acids is 1. The first-order valence-corrected chi connectivity index (χ1v) is 14.3. The van der Waals surface area contributed by atoms with Gasteiger partial charge >= 0.3 is 5.97 Å². The summed E-state index contributed by atoms with van der Waals surface area (Å²) in [5.74, 6) is -4.98. The summed E-state index contributed by atoms with van der Waals surface area (Å²) in [6.45, 7) is 4.16. The molecular weight excluding hydrogens is 590 g/mol. The number of phenols is 1. The van der Waals surface area contributed by atoms with Crippen LogP contribution in [0.1, 0.15) is 45.6 Å². The Morgan fingerprint density at radius 3 is 2.13 bits per heavy atom. The third-order valence-electron chi connectivity index (χ3n) is 6.19. The molecule has 0 fully saturated rings. The molecule has 0 unspecified atom stereocenters. The molecule has 0 saturated heterocycles. The number of carboxylic acid groups (broad SMARTS) is 1. The topological polar surface area (TPSA) is 293 Å². The minimum Gasteiger partial charge on any atom is -0.507 e. The number of carbonyl (C=O) groups is 6. The van der Waals surface area contributed by atoms with Gasteiger partial charge in [0, 0.05) is 19.0 Å². The van der Waals surface area contributed by atoms with Crippen LogP contribution in [0.4, 0.5) is 0 Å². The maximum absolute atomic E-state index is 13.2. The van der Waals surface area contributed by atoms with Crippen LogP contribution in [0.25, 0.3) is 0 Å². The molecule has 1 aromatic carbocycles. The smallest absolute Gasteiger partial charge is 0.322 e. The van der Waals surface area contributed by atoms with Crippen molar-refractivity contribution in [1.29, 1.82) is 0 Å². The van der Waals surface area contributed by atoms with E-state index in [2.05, 4.69) is 37.6 Å². The number of hydrogen-bond donors (Lipinski definition) is 10. The minimum absolute atomic E-state index is 0.0304. The van der Waals surface area contributed by atoms with Crippen LogP contribution >= 0.6 is 0 Å². The maximum atomic E-state index is 13.2. The highest BCUT2D eigenvalue weighted by Crippen LogP contribution is 2.11. The van der Waals surface area contributed by atoms with Gasteiger partial charge in [0.2, 0.25) is 29.5 Å². The number of aliphatic imine (C=N–C) groups is 1. The third-order valence-corrected chi connectivity index (χ3v) is 6.19. The highest BCUT2D eigenvalue weighted by Gasteiger charge is 2.28. The highest BCUT2D eigenvalue weighted by atomic mass is 16.4. The number of aromatic hydroxyl groups is 1. The summed E-state index contributed by atoms with van der Waals surface area (Å²) in [5, 5.41) is 30.5. The Kier molecular flexibility index (Phi) is 16.4. The van der Waals surface area contributed by atoms with E-state index in [4.69, 9.17) is 22.3 Å². The lowest BCUT2D eigenvalue weighted by Crippen LogP contribution is -2.57. The molecule has 1 rings (SSSR count). The monoisotopic (exact) mass is 634 g/mol. The van der Waals surface area contributed by atoms with E-state index in [1.54, 1.807) is 0 Å². The maximum Gasteiger partial charge on any atom is 0.322 e. The molecule has 0 aromatic heterocycles. The van der Waals surface area contributed by atoms with Crippen molar-refractivity contribution in [1.82, 2.24) is 26.6 Å². The first-order chi connectivity index (χ1) is 21.1. The molecule has 1 radical (unpaired) electrons. The zero-order chi connectivity index (χ0) is 34.1. The van der Waals surface area contributed by atoms with E-state index < -0.39 is 72.8 Å². The molecular formula is C28H44N9O8. The van der Waals surface area contributed by atoms with E-state index in [9.17, 15) is 33.9 Å². The SMILES string of the molecule is CC(C)C[C@H](NC(=O)[C@H](C)NC(=O)[C@H](Cc1c[c]c(O)cc1)NC(=O)CNC(=O)[C@@H](N)CCCN=C(N)N)C(=O)NCC(=O)O. The van der Waals surface area contributed by atoms with Gasteiger partial charge in [0.15, 0.2) is 5.96 Å². The molecule has 0 bridgehead atoms. The Morgan fingerprint density at radius 1 is 0.889 bits per heavy atom. The molecule has 0 aliphatic rings.